The molecular weight excluding hydrogens is 299 g/mol. The molecule has 120 valence electrons. The second kappa shape index (κ2) is 6.64. The van der Waals surface area contributed by atoms with E-state index in [1.807, 2.05) is 0 Å². The van der Waals surface area contributed by atoms with E-state index in [-0.39, 0.29) is 29.1 Å². The third-order valence-corrected chi connectivity index (χ3v) is 3.88. The lowest BCUT2D eigenvalue weighted by molar-refractivity contribution is 0.0588. The van der Waals surface area contributed by atoms with Gasteiger partial charge < -0.3 is 14.6 Å². The quantitative estimate of drug-likeness (QED) is 0.944. The summed E-state index contributed by atoms with van der Waals surface area (Å²) < 4.78 is 19.3. The molecule has 5 nitrogen and oxygen atoms in total. The van der Waals surface area contributed by atoms with E-state index >= 15 is 0 Å². The first-order chi connectivity index (χ1) is 11.1. The van der Waals surface area contributed by atoms with Crippen molar-refractivity contribution in [3.05, 3.63) is 64.3 Å². The number of aromatic amines is 1. The maximum absolute atomic E-state index is 13.6. The molecule has 1 N–H and O–H groups in total. The summed E-state index contributed by atoms with van der Waals surface area (Å²) >= 11 is 0. The van der Waals surface area contributed by atoms with Gasteiger partial charge in [0.25, 0.3) is 5.91 Å². The number of nitrogens with one attached hydrogen (secondary N) is 1. The molecular formula is C17H17FN2O3. The van der Waals surface area contributed by atoms with Gasteiger partial charge >= 0.3 is 0 Å². The van der Waals surface area contributed by atoms with Crippen molar-refractivity contribution in [1.82, 2.24) is 9.88 Å². The summed E-state index contributed by atoms with van der Waals surface area (Å²) in [5.41, 5.74) is 0.0795. The maximum atomic E-state index is 13.6. The van der Waals surface area contributed by atoms with Gasteiger partial charge in [-0.3, -0.25) is 9.59 Å². The van der Waals surface area contributed by atoms with Gasteiger partial charge in [0.15, 0.2) is 11.6 Å². The Morgan fingerprint density at radius 3 is 2.65 bits per heavy atom. The molecule has 0 saturated carbocycles. The third-order valence-electron chi connectivity index (χ3n) is 3.88. The van der Waals surface area contributed by atoms with E-state index in [0.29, 0.717) is 31.5 Å². The van der Waals surface area contributed by atoms with E-state index in [4.69, 9.17) is 4.74 Å². The number of rotatable bonds is 3. The van der Waals surface area contributed by atoms with Gasteiger partial charge in [-0.2, -0.15) is 0 Å². The highest BCUT2D eigenvalue weighted by Gasteiger charge is 2.25. The number of benzene rings is 1. The zero-order chi connectivity index (χ0) is 16.2. The Hall–Kier alpha value is -2.63. The van der Waals surface area contributed by atoms with Crippen LogP contribution in [0.15, 0.2) is 47.4 Å². The topological polar surface area (TPSA) is 62.4 Å². The number of aromatic nitrogens is 1. The summed E-state index contributed by atoms with van der Waals surface area (Å²) in [4.78, 5) is 27.8. The Morgan fingerprint density at radius 2 is 1.96 bits per heavy atom. The van der Waals surface area contributed by atoms with Crippen LogP contribution in [0, 0.1) is 5.82 Å². The van der Waals surface area contributed by atoms with Crippen molar-refractivity contribution in [2.45, 2.75) is 18.9 Å². The van der Waals surface area contributed by atoms with Crippen molar-refractivity contribution in [2.75, 3.05) is 13.1 Å². The molecule has 0 aliphatic carbocycles. The molecule has 1 aliphatic rings. The van der Waals surface area contributed by atoms with Crippen LogP contribution in [0.4, 0.5) is 4.39 Å². The zero-order valence-corrected chi connectivity index (χ0v) is 12.5. The number of hydrogen-bond donors (Lipinski definition) is 1. The Balaban J connectivity index is 1.59. The number of pyridine rings is 1. The molecule has 0 spiro atoms. The fourth-order valence-electron chi connectivity index (χ4n) is 2.66. The van der Waals surface area contributed by atoms with E-state index in [0.717, 1.165) is 0 Å². The third kappa shape index (κ3) is 3.59. The number of likely N-dealkylation sites (tertiary alicyclic amines) is 1. The highest BCUT2D eigenvalue weighted by atomic mass is 19.1. The van der Waals surface area contributed by atoms with Crippen molar-refractivity contribution in [3.8, 4) is 5.75 Å². The number of nitrogens with zero attached hydrogens (tertiary/aromatic N) is 1. The van der Waals surface area contributed by atoms with Gasteiger partial charge in [-0.15, -0.1) is 0 Å². The average Bonchev–Trinajstić information content (AvgIpc) is 2.57. The predicted molar refractivity (Wildman–Crippen MR) is 83.0 cm³/mol. The van der Waals surface area contributed by atoms with Gasteiger partial charge in [0.1, 0.15) is 6.10 Å². The van der Waals surface area contributed by atoms with Crippen molar-refractivity contribution < 1.29 is 13.9 Å². The summed E-state index contributed by atoms with van der Waals surface area (Å²) in [6, 6.07) is 9.19. The Labute approximate surface area is 132 Å². The predicted octanol–water partition coefficient (Wildman–Crippen LogP) is 2.20. The minimum atomic E-state index is -0.380. The SMILES string of the molecule is O=C(c1cc[nH]c(=O)c1)N1CCC(Oc2ccccc2F)CC1. The van der Waals surface area contributed by atoms with E-state index in [2.05, 4.69) is 4.98 Å². The molecule has 1 aliphatic heterocycles. The molecule has 3 rings (SSSR count). The smallest absolute Gasteiger partial charge is 0.254 e. The zero-order valence-electron chi connectivity index (χ0n) is 12.5. The van der Waals surface area contributed by atoms with Crippen LogP contribution in [-0.2, 0) is 0 Å². The van der Waals surface area contributed by atoms with E-state index in [1.54, 1.807) is 29.2 Å². The standard InChI is InChI=1S/C17H17FN2O3/c18-14-3-1-2-4-15(14)23-13-6-9-20(10-7-13)17(22)12-5-8-19-16(21)11-12/h1-5,8,11,13H,6-7,9-10H2,(H,19,21). The van der Waals surface area contributed by atoms with Gasteiger partial charge in [-0.05, 0) is 18.2 Å². The van der Waals surface area contributed by atoms with Gasteiger partial charge in [-0.1, -0.05) is 12.1 Å². The molecule has 23 heavy (non-hydrogen) atoms. The Morgan fingerprint density at radius 1 is 1.22 bits per heavy atom. The number of halogens is 1. The summed E-state index contributed by atoms with van der Waals surface area (Å²) in [7, 11) is 0. The number of H-pyrrole nitrogens is 1. The molecule has 6 heteroatoms. The summed E-state index contributed by atoms with van der Waals surface area (Å²) in [5, 5.41) is 0. The molecule has 0 atom stereocenters. The summed E-state index contributed by atoms with van der Waals surface area (Å²) in [6.45, 7) is 1.04. The first-order valence-electron chi connectivity index (χ1n) is 7.52. The molecule has 2 heterocycles. The number of carbonyl (C=O) groups excluding carboxylic acids is 1. The lowest BCUT2D eigenvalue weighted by atomic mass is 10.1. The summed E-state index contributed by atoms with van der Waals surface area (Å²) in [6.07, 6.45) is 2.60. The Kier molecular flexibility index (Phi) is 4.41. The molecule has 1 aromatic heterocycles. The van der Waals surface area contributed by atoms with Gasteiger partial charge in [-0.25, -0.2) is 4.39 Å². The fraction of sp³-hybridized carbons (Fsp3) is 0.294. The van der Waals surface area contributed by atoms with Gasteiger partial charge in [0.2, 0.25) is 5.56 Å². The van der Waals surface area contributed by atoms with Crippen LogP contribution in [0.2, 0.25) is 0 Å². The van der Waals surface area contributed by atoms with E-state index in [1.165, 1.54) is 18.3 Å². The van der Waals surface area contributed by atoms with Crippen molar-refractivity contribution in [1.29, 1.82) is 0 Å². The fourth-order valence-corrected chi connectivity index (χ4v) is 2.66. The molecule has 2 aromatic rings. The van der Waals surface area contributed by atoms with Gasteiger partial charge in [0.05, 0.1) is 0 Å². The highest BCUT2D eigenvalue weighted by Crippen LogP contribution is 2.22. The monoisotopic (exact) mass is 316 g/mol. The number of para-hydroxylation sites is 1. The van der Waals surface area contributed by atoms with Crippen LogP contribution >= 0.6 is 0 Å². The minimum absolute atomic E-state index is 0.116. The number of ether oxygens (including phenoxy) is 1. The molecule has 0 radical (unpaired) electrons. The van der Waals surface area contributed by atoms with Crippen LogP contribution < -0.4 is 10.3 Å². The lowest BCUT2D eigenvalue weighted by Gasteiger charge is -2.32. The lowest BCUT2D eigenvalue weighted by Crippen LogP contribution is -2.42. The molecule has 1 fully saturated rings. The first kappa shape index (κ1) is 15.3. The van der Waals surface area contributed by atoms with Crippen LogP contribution in [0.5, 0.6) is 5.75 Å². The highest BCUT2D eigenvalue weighted by molar-refractivity contribution is 5.94. The average molecular weight is 316 g/mol. The number of amides is 1. The van der Waals surface area contributed by atoms with Crippen molar-refractivity contribution in [3.63, 3.8) is 0 Å². The minimum Gasteiger partial charge on any atom is -0.487 e. The van der Waals surface area contributed by atoms with Gasteiger partial charge in [0, 0.05) is 43.8 Å². The van der Waals surface area contributed by atoms with Crippen LogP contribution in [-0.4, -0.2) is 35.0 Å². The summed E-state index contributed by atoms with van der Waals surface area (Å²) in [5.74, 6) is -0.304. The van der Waals surface area contributed by atoms with Crippen LogP contribution in [0.25, 0.3) is 0 Å². The second-order valence-corrected chi connectivity index (χ2v) is 5.48. The molecule has 0 bridgehead atoms. The maximum Gasteiger partial charge on any atom is 0.254 e. The van der Waals surface area contributed by atoms with Crippen molar-refractivity contribution >= 4 is 5.91 Å². The largest absolute Gasteiger partial charge is 0.487 e. The Bertz CT molecular complexity index is 751. The number of piperidine rings is 1. The van der Waals surface area contributed by atoms with Crippen LogP contribution in [0.3, 0.4) is 0 Å². The van der Waals surface area contributed by atoms with Crippen molar-refractivity contribution in [2.24, 2.45) is 0 Å². The number of hydrogen-bond acceptors (Lipinski definition) is 3. The van der Waals surface area contributed by atoms with E-state index in [9.17, 15) is 14.0 Å². The second-order valence-electron chi connectivity index (χ2n) is 5.48. The molecule has 0 unspecified atom stereocenters. The molecule has 1 amide bonds. The molecule has 1 aromatic carbocycles. The number of carbonyl (C=O) groups is 1. The normalized spacial score (nSPS) is 15.4. The van der Waals surface area contributed by atoms with Crippen LogP contribution in [0.1, 0.15) is 23.2 Å². The van der Waals surface area contributed by atoms with E-state index < -0.39 is 0 Å². The first-order valence-corrected chi connectivity index (χ1v) is 7.52. The molecule has 1 saturated heterocycles.